The Morgan fingerprint density at radius 2 is 2.15 bits per heavy atom. The van der Waals surface area contributed by atoms with Crippen LogP contribution >= 0.6 is 0 Å². The zero-order valence-corrected chi connectivity index (χ0v) is 12.2. The number of hydrogen-bond acceptors (Lipinski definition) is 3. The molecule has 0 heterocycles. The maximum absolute atomic E-state index is 11.9. The number of aryl methyl sites for hydroxylation is 2. The number of nitrogens with one attached hydrogen (secondary N) is 1. The molecule has 0 aromatic heterocycles. The number of carbonyl (C=O) groups is 1. The second kappa shape index (κ2) is 5.54. The van der Waals surface area contributed by atoms with Crippen LogP contribution < -0.4 is 10.1 Å². The summed E-state index contributed by atoms with van der Waals surface area (Å²) in [6, 6.07) is 7.92. The van der Waals surface area contributed by atoms with Crippen LogP contribution in [0.4, 0.5) is 0 Å². The third kappa shape index (κ3) is 3.30. The van der Waals surface area contributed by atoms with Crippen molar-refractivity contribution in [2.75, 3.05) is 6.61 Å². The van der Waals surface area contributed by atoms with Gasteiger partial charge >= 0.3 is 0 Å². The molecule has 1 amide bonds. The number of nitriles is 1. The first-order valence-electron chi connectivity index (χ1n) is 6.87. The molecule has 1 N–H and O–H groups in total. The molecule has 1 aliphatic rings. The monoisotopic (exact) mass is 272 g/mol. The van der Waals surface area contributed by atoms with E-state index in [4.69, 9.17) is 4.74 Å². The summed E-state index contributed by atoms with van der Waals surface area (Å²) in [5, 5.41) is 12.0. The van der Waals surface area contributed by atoms with Crippen molar-refractivity contribution >= 4 is 5.91 Å². The van der Waals surface area contributed by atoms with E-state index in [-0.39, 0.29) is 18.4 Å². The van der Waals surface area contributed by atoms with E-state index < -0.39 is 5.54 Å². The van der Waals surface area contributed by atoms with Crippen molar-refractivity contribution in [1.29, 1.82) is 5.26 Å². The highest BCUT2D eigenvalue weighted by atomic mass is 16.5. The summed E-state index contributed by atoms with van der Waals surface area (Å²) in [6.45, 7) is 5.74. The first-order chi connectivity index (χ1) is 9.44. The molecule has 1 aromatic rings. The van der Waals surface area contributed by atoms with Crippen molar-refractivity contribution in [2.45, 2.75) is 39.2 Å². The van der Waals surface area contributed by atoms with E-state index in [1.54, 1.807) is 6.92 Å². The molecular weight excluding hydrogens is 252 g/mol. The van der Waals surface area contributed by atoms with Gasteiger partial charge in [-0.25, -0.2) is 0 Å². The molecule has 1 aliphatic carbocycles. The lowest BCUT2D eigenvalue weighted by atomic mass is 9.98. The number of hydrogen-bond donors (Lipinski definition) is 1. The molecule has 20 heavy (non-hydrogen) atoms. The average Bonchev–Trinajstić information content (AvgIpc) is 3.25. The van der Waals surface area contributed by atoms with E-state index in [1.165, 1.54) is 5.56 Å². The van der Waals surface area contributed by atoms with Crippen molar-refractivity contribution in [3.05, 3.63) is 29.3 Å². The van der Waals surface area contributed by atoms with Crippen LogP contribution in [0.3, 0.4) is 0 Å². The van der Waals surface area contributed by atoms with Crippen LogP contribution in [-0.4, -0.2) is 18.1 Å². The number of benzene rings is 1. The van der Waals surface area contributed by atoms with E-state index in [2.05, 4.69) is 11.4 Å². The van der Waals surface area contributed by atoms with Gasteiger partial charge in [0.25, 0.3) is 5.91 Å². The van der Waals surface area contributed by atoms with Crippen molar-refractivity contribution in [3.8, 4) is 11.8 Å². The Morgan fingerprint density at radius 3 is 2.70 bits per heavy atom. The van der Waals surface area contributed by atoms with E-state index in [0.717, 1.165) is 18.4 Å². The Morgan fingerprint density at radius 1 is 1.45 bits per heavy atom. The molecule has 2 rings (SSSR count). The number of amides is 1. The maximum atomic E-state index is 11.9. The zero-order chi connectivity index (χ0) is 14.8. The maximum Gasteiger partial charge on any atom is 0.259 e. The van der Waals surface area contributed by atoms with E-state index in [1.807, 2.05) is 32.0 Å². The number of nitrogens with zero attached hydrogens (tertiary/aromatic N) is 1. The molecular formula is C16H20N2O2. The molecule has 4 heteroatoms. The first-order valence-corrected chi connectivity index (χ1v) is 6.87. The van der Waals surface area contributed by atoms with Crippen LogP contribution in [0.1, 0.15) is 30.9 Å². The topological polar surface area (TPSA) is 62.1 Å². The molecule has 0 saturated heterocycles. The quantitative estimate of drug-likeness (QED) is 0.895. The van der Waals surface area contributed by atoms with Crippen molar-refractivity contribution in [3.63, 3.8) is 0 Å². The minimum absolute atomic E-state index is 0.0630. The van der Waals surface area contributed by atoms with Gasteiger partial charge in [0, 0.05) is 0 Å². The van der Waals surface area contributed by atoms with Gasteiger partial charge in [-0.1, -0.05) is 6.07 Å². The molecule has 1 saturated carbocycles. The summed E-state index contributed by atoms with van der Waals surface area (Å²) in [7, 11) is 0. The molecule has 0 spiro atoms. The lowest BCUT2D eigenvalue weighted by Crippen LogP contribution is -2.48. The highest BCUT2D eigenvalue weighted by Gasteiger charge is 2.43. The van der Waals surface area contributed by atoms with Gasteiger partial charge < -0.3 is 10.1 Å². The molecule has 0 radical (unpaired) electrons. The van der Waals surface area contributed by atoms with E-state index in [9.17, 15) is 10.1 Å². The van der Waals surface area contributed by atoms with Gasteiger partial charge in [0.2, 0.25) is 0 Å². The Kier molecular flexibility index (Phi) is 3.99. The number of rotatable bonds is 5. The smallest absolute Gasteiger partial charge is 0.259 e. The van der Waals surface area contributed by atoms with Crippen LogP contribution in [0.25, 0.3) is 0 Å². The summed E-state index contributed by atoms with van der Waals surface area (Å²) in [5.41, 5.74) is 1.55. The fourth-order valence-corrected chi connectivity index (χ4v) is 2.16. The average molecular weight is 272 g/mol. The van der Waals surface area contributed by atoms with Crippen molar-refractivity contribution in [1.82, 2.24) is 5.32 Å². The van der Waals surface area contributed by atoms with Crippen LogP contribution in [-0.2, 0) is 4.79 Å². The van der Waals surface area contributed by atoms with Crippen LogP contribution in [0, 0.1) is 31.1 Å². The van der Waals surface area contributed by atoms with Crippen LogP contribution in [0.15, 0.2) is 18.2 Å². The Hall–Kier alpha value is -2.02. The van der Waals surface area contributed by atoms with Crippen LogP contribution in [0.5, 0.6) is 5.75 Å². The number of carbonyl (C=O) groups excluding carboxylic acids is 1. The number of ether oxygens (including phenoxy) is 1. The largest absolute Gasteiger partial charge is 0.484 e. The predicted octanol–water partition coefficient (Wildman–Crippen LogP) is 2.49. The summed E-state index contributed by atoms with van der Waals surface area (Å²) < 4.78 is 5.47. The summed E-state index contributed by atoms with van der Waals surface area (Å²) in [4.78, 5) is 11.9. The molecule has 1 aromatic carbocycles. The summed E-state index contributed by atoms with van der Waals surface area (Å²) in [6.07, 6.45) is 2.00. The van der Waals surface area contributed by atoms with Gasteiger partial charge in [0.1, 0.15) is 11.3 Å². The molecule has 1 unspecified atom stereocenters. The lowest BCUT2D eigenvalue weighted by Gasteiger charge is -2.22. The minimum atomic E-state index is -0.760. The standard InChI is InChI=1S/C16H20N2O2/c1-11-4-7-14(8-12(11)2)20-9-15(19)18-16(3,10-17)13-5-6-13/h4,7-8,13H,5-6,9H2,1-3H3,(H,18,19). The van der Waals surface area contributed by atoms with E-state index in [0.29, 0.717) is 5.75 Å². The third-order valence-electron chi connectivity index (χ3n) is 3.87. The molecule has 4 nitrogen and oxygen atoms in total. The van der Waals surface area contributed by atoms with Crippen LogP contribution in [0.2, 0.25) is 0 Å². The Balaban J connectivity index is 1.89. The van der Waals surface area contributed by atoms with Gasteiger partial charge in [-0.2, -0.15) is 5.26 Å². The van der Waals surface area contributed by atoms with Gasteiger partial charge in [-0.05, 0) is 62.8 Å². The molecule has 1 atom stereocenters. The van der Waals surface area contributed by atoms with Gasteiger partial charge in [-0.15, -0.1) is 0 Å². The zero-order valence-electron chi connectivity index (χ0n) is 12.2. The lowest BCUT2D eigenvalue weighted by molar-refractivity contribution is -0.124. The normalized spacial score (nSPS) is 16.9. The van der Waals surface area contributed by atoms with Crippen molar-refractivity contribution in [2.24, 2.45) is 5.92 Å². The van der Waals surface area contributed by atoms with Gasteiger partial charge in [0.05, 0.1) is 6.07 Å². The minimum Gasteiger partial charge on any atom is -0.484 e. The summed E-state index contributed by atoms with van der Waals surface area (Å²) in [5.74, 6) is 0.700. The SMILES string of the molecule is Cc1ccc(OCC(=O)NC(C)(C#N)C2CC2)cc1C. The van der Waals surface area contributed by atoms with Gasteiger partial charge in [-0.3, -0.25) is 4.79 Å². The molecule has 1 fully saturated rings. The highest BCUT2D eigenvalue weighted by Crippen LogP contribution is 2.39. The molecule has 0 aliphatic heterocycles. The third-order valence-corrected chi connectivity index (χ3v) is 3.87. The second-order valence-electron chi connectivity index (χ2n) is 5.67. The fourth-order valence-electron chi connectivity index (χ4n) is 2.16. The Bertz CT molecular complexity index is 558. The van der Waals surface area contributed by atoms with Crippen molar-refractivity contribution < 1.29 is 9.53 Å². The van der Waals surface area contributed by atoms with E-state index >= 15 is 0 Å². The summed E-state index contributed by atoms with van der Waals surface area (Å²) >= 11 is 0. The second-order valence-corrected chi connectivity index (χ2v) is 5.67. The first kappa shape index (κ1) is 14.4. The fraction of sp³-hybridized carbons (Fsp3) is 0.500. The molecule has 0 bridgehead atoms. The predicted molar refractivity (Wildman–Crippen MR) is 76.3 cm³/mol. The molecule has 106 valence electrons. The van der Waals surface area contributed by atoms with Gasteiger partial charge in [0.15, 0.2) is 6.61 Å². The highest BCUT2D eigenvalue weighted by molar-refractivity contribution is 5.79. The Labute approximate surface area is 119 Å².